The van der Waals surface area contributed by atoms with Gasteiger partial charge in [-0.2, -0.15) is 0 Å². The van der Waals surface area contributed by atoms with Crippen molar-refractivity contribution in [1.29, 1.82) is 0 Å². The highest BCUT2D eigenvalue weighted by Gasteiger charge is 2.61. The lowest BCUT2D eigenvalue weighted by Crippen LogP contribution is -2.52. The normalized spacial score (nSPS) is 53.5. The molecular formula is C22H30O2. The molecule has 0 saturated heterocycles. The number of hydrogen-bond acceptors (Lipinski definition) is 2. The average molecular weight is 326 g/mol. The van der Waals surface area contributed by atoms with Crippen LogP contribution in [-0.2, 0) is 4.79 Å². The van der Waals surface area contributed by atoms with Crippen molar-refractivity contribution in [1.82, 2.24) is 0 Å². The second-order valence-electron chi connectivity index (χ2n) is 9.40. The van der Waals surface area contributed by atoms with Crippen molar-refractivity contribution >= 4 is 5.78 Å². The maximum absolute atomic E-state index is 12.8. The van der Waals surface area contributed by atoms with Crippen LogP contribution in [0.1, 0.15) is 59.3 Å². The molecule has 2 heteroatoms. The Morgan fingerprint density at radius 1 is 1.21 bits per heavy atom. The second kappa shape index (κ2) is 5.21. The lowest BCUT2D eigenvalue weighted by Gasteiger charge is -2.57. The van der Waals surface area contributed by atoms with Gasteiger partial charge in [0.05, 0.1) is 12.0 Å². The Bertz CT molecular complexity index is 641. The van der Waals surface area contributed by atoms with Crippen LogP contribution in [-0.4, -0.2) is 17.0 Å². The van der Waals surface area contributed by atoms with E-state index in [0.29, 0.717) is 23.5 Å². The first kappa shape index (κ1) is 16.4. The number of carbonyl (C=O) groups is 1. The number of terminal acetylenes is 1. The fraction of sp³-hybridized carbons (Fsp3) is 0.773. The van der Waals surface area contributed by atoms with Gasteiger partial charge < -0.3 is 5.11 Å². The van der Waals surface area contributed by atoms with Crippen LogP contribution in [0.2, 0.25) is 0 Å². The van der Waals surface area contributed by atoms with E-state index in [2.05, 4.69) is 32.8 Å². The van der Waals surface area contributed by atoms with Crippen LogP contribution in [0.15, 0.2) is 11.6 Å². The number of hydrogen-bond donors (Lipinski definition) is 1. The minimum Gasteiger partial charge on any atom is -0.391 e. The van der Waals surface area contributed by atoms with Gasteiger partial charge in [0, 0.05) is 11.3 Å². The number of aliphatic hydroxyl groups is 1. The Balaban J connectivity index is 1.73. The molecule has 4 aliphatic carbocycles. The Hall–Kier alpha value is -1.07. The van der Waals surface area contributed by atoms with Gasteiger partial charge in [-0.25, -0.2) is 0 Å². The summed E-state index contributed by atoms with van der Waals surface area (Å²) in [5.41, 5.74) is 1.35. The van der Waals surface area contributed by atoms with E-state index in [9.17, 15) is 9.90 Å². The van der Waals surface area contributed by atoms with Crippen molar-refractivity contribution in [3.05, 3.63) is 11.6 Å². The van der Waals surface area contributed by atoms with Crippen molar-refractivity contribution < 1.29 is 9.90 Å². The lowest BCUT2D eigenvalue weighted by molar-refractivity contribution is -0.134. The van der Waals surface area contributed by atoms with Crippen LogP contribution in [0.4, 0.5) is 0 Å². The van der Waals surface area contributed by atoms with Gasteiger partial charge >= 0.3 is 0 Å². The van der Waals surface area contributed by atoms with Crippen LogP contribution < -0.4 is 0 Å². The predicted molar refractivity (Wildman–Crippen MR) is 95.0 cm³/mol. The monoisotopic (exact) mass is 326 g/mol. The molecule has 0 heterocycles. The van der Waals surface area contributed by atoms with Gasteiger partial charge in [-0.3, -0.25) is 4.79 Å². The molecule has 4 rings (SSSR count). The van der Waals surface area contributed by atoms with Gasteiger partial charge in [0.2, 0.25) is 0 Å². The van der Waals surface area contributed by atoms with E-state index in [-0.39, 0.29) is 28.8 Å². The molecule has 0 aromatic heterocycles. The van der Waals surface area contributed by atoms with Crippen LogP contribution in [0, 0.1) is 52.8 Å². The van der Waals surface area contributed by atoms with Crippen molar-refractivity contribution in [2.75, 3.05) is 0 Å². The molecule has 130 valence electrons. The zero-order valence-electron chi connectivity index (χ0n) is 15.2. The topological polar surface area (TPSA) is 37.3 Å². The SMILES string of the molecule is C#C[C@H]1C2=CC[C@@H]3[C@H](CC[C@]4(C)C(=O)[C@H](C)C[C@@H]34)[C@@]2(C)CC[C@@H]1O. The van der Waals surface area contributed by atoms with Gasteiger partial charge in [0.25, 0.3) is 0 Å². The molecule has 3 saturated carbocycles. The fourth-order valence-electron chi connectivity index (χ4n) is 7.06. The van der Waals surface area contributed by atoms with Crippen LogP contribution in [0.25, 0.3) is 0 Å². The number of ketones is 1. The molecule has 0 spiro atoms. The minimum absolute atomic E-state index is 0.0953. The minimum atomic E-state index is -0.382. The summed E-state index contributed by atoms with van der Waals surface area (Å²) >= 11 is 0. The number of Topliss-reactive ketones (excluding diaryl/α,β-unsaturated/α-hetero) is 1. The summed E-state index contributed by atoms with van der Waals surface area (Å²) in [4.78, 5) is 12.8. The molecule has 24 heavy (non-hydrogen) atoms. The predicted octanol–water partition coefficient (Wildman–Crippen LogP) is 3.98. The van der Waals surface area contributed by atoms with Gasteiger partial charge in [-0.05, 0) is 61.7 Å². The molecule has 0 amide bonds. The number of fused-ring (bicyclic) bond motifs is 5. The Morgan fingerprint density at radius 2 is 1.92 bits per heavy atom. The van der Waals surface area contributed by atoms with Crippen molar-refractivity contribution in [2.24, 2.45) is 40.4 Å². The maximum Gasteiger partial charge on any atom is 0.141 e. The number of allylic oxidation sites excluding steroid dienone is 1. The van der Waals surface area contributed by atoms with Gasteiger partial charge in [0.1, 0.15) is 5.78 Å². The van der Waals surface area contributed by atoms with E-state index in [4.69, 9.17) is 6.42 Å². The Labute approximate surface area is 146 Å². The van der Waals surface area contributed by atoms with E-state index >= 15 is 0 Å². The molecule has 0 unspecified atom stereocenters. The number of rotatable bonds is 0. The van der Waals surface area contributed by atoms with Gasteiger partial charge in [-0.15, -0.1) is 6.42 Å². The van der Waals surface area contributed by atoms with Crippen LogP contribution >= 0.6 is 0 Å². The summed E-state index contributed by atoms with van der Waals surface area (Å²) in [6.07, 6.45) is 13.9. The molecule has 3 fully saturated rings. The quantitative estimate of drug-likeness (QED) is 0.540. The van der Waals surface area contributed by atoms with Crippen LogP contribution in [0.5, 0.6) is 0 Å². The third-order valence-corrected chi connectivity index (χ3v) is 8.39. The highest BCUT2D eigenvalue weighted by Crippen LogP contribution is 2.65. The molecule has 0 aromatic rings. The second-order valence-corrected chi connectivity index (χ2v) is 9.40. The fourth-order valence-corrected chi connectivity index (χ4v) is 7.06. The highest BCUT2D eigenvalue weighted by molar-refractivity contribution is 5.89. The zero-order chi connectivity index (χ0) is 17.3. The third-order valence-electron chi connectivity index (χ3n) is 8.39. The van der Waals surface area contributed by atoms with Crippen molar-refractivity contribution in [3.8, 4) is 12.3 Å². The molecule has 4 aliphatic rings. The summed E-state index contributed by atoms with van der Waals surface area (Å²) in [5, 5.41) is 10.4. The van der Waals surface area contributed by atoms with E-state index < -0.39 is 0 Å². The molecule has 0 radical (unpaired) electrons. The molecule has 2 nitrogen and oxygen atoms in total. The van der Waals surface area contributed by atoms with Gasteiger partial charge in [-0.1, -0.05) is 38.3 Å². The largest absolute Gasteiger partial charge is 0.391 e. The first-order valence-corrected chi connectivity index (χ1v) is 9.72. The number of carbonyl (C=O) groups excluding carboxylic acids is 1. The first-order chi connectivity index (χ1) is 11.3. The standard InChI is InChI=1S/C22H30O2/c1-5-14-16-7-6-15-17(21(16,3)11-9-19(14)23)8-10-22(4)18(15)12-13(2)20(22)24/h1,7,13-15,17-19,23H,6,8-12H2,2-4H3/t13-,14+,15-,17+,18+,19+,21+,22+/m1/s1. The van der Waals surface area contributed by atoms with E-state index in [1.54, 1.807) is 0 Å². The summed E-state index contributed by atoms with van der Waals surface area (Å²) in [5.74, 6) is 5.26. The molecule has 1 N–H and O–H groups in total. The van der Waals surface area contributed by atoms with Crippen LogP contribution in [0.3, 0.4) is 0 Å². The van der Waals surface area contributed by atoms with E-state index in [1.165, 1.54) is 5.57 Å². The molecule has 0 bridgehead atoms. The smallest absolute Gasteiger partial charge is 0.141 e. The first-order valence-electron chi connectivity index (χ1n) is 9.72. The van der Waals surface area contributed by atoms with Crippen molar-refractivity contribution in [2.45, 2.75) is 65.4 Å². The van der Waals surface area contributed by atoms with E-state index in [1.807, 2.05) is 0 Å². The summed E-state index contributed by atoms with van der Waals surface area (Å²) in [7, 11) is 0. The van der Waals surface area contributed by atoms with Gasteiger partial charge in [0.15, 0.2) is 0 Å². The Morgan fingerprint density at radius 3 is 2.62 bits per heavy atom. The zero-order valence-corrected chi connectivity index (χ0v) is 15.2. The Kier molecular flexibility index (Phi) is 3.56. The highest BCUT2D eigenvalue weighted by atomic mass is 16.3. The van der Waals surface area contributed by atoms with E-state index in [0.717, 1.165) is 38.5 Å². The van der Waals surface area contributed by atoms with Crippen molar-refractivity contribution in [3.63, 3.8) is 0 Å². The maximum atomic E-state index is 12.8. The molecular weight excluding hydrogens is 296 g/mol. The molecule has 0 aliphatic heterocycles. The number of aliphatic hydroxyl groups excluding tert-OH is 1. The summed E-state index contributed by atoms with van der Waals surface area (Å²) in [6.45, 7) is 6.74. The third kappa shape index (κ3) is 1.91. The lowest BCUT2D eigenvalue weighted by atomic mass is 9.47. The summed E-state index contributed by atoms with van der Waals surface area (Å²) in [6, 6.07) is 0. The molecule has 8 atom stereocenters. The molecule has 0 aromatic carbocycles. The summed E-state index contributed by atoms with van der Waals surface area (Å²) < 4.78 is 0. The average Bonchev–Trinajstić information content (AvgIpc) is 2.79.